The normalized spacial score (nSPS) is 36.2. The van der Waals surface area contributed by atoms with Crippen LogP contribution in [0.15, 0.2) is 22.8 Å². The van der Waals surface area contributed by atoms with E-state index in [2.05, 4.69) is 0 Å². The third kappa shape index (κ3) is 1.86. The first-order chi connectivity index (χ1) is 8.42. The van der Waals surface area contributed by atoms with Crippen LogP contribution < -0.4 is 0 Å². The number of fused-ring (bicyclic) bond motifs is 1. The fourth-order valence-corrected chi connectivity index (χ4v) is 3.33. The summed E-state index contributed by atoms with van der Waals surface area (Å²) < 4.78 is 0. The van der Waals surface area contributed by atoms with Crippen molar-refractivity contribution in [3.05, 3.63) is 22.8 Å². The maximum absolute atomic E-state index is 12.1. The standard InChI is InChI=1S/C15H22O3/c1-9(2)12-7-15(8-16)10(3)13(17)5-4-11(15)6-14(12)18/h6,10,13,16-17H,4-5,7-8H2,1-3H3/t10-,13+,15-/m0/s1. The van der Waals surface area contributed by atoms with Crippen molar-refractivity contribution >= 4 is 5.78 Å². The van der Waals surface area contributed by atoms with Gasteiger partial charge < -0.3 is 10.2 Å². The number of carbonyl (C=O) groups is 1. The van der Waals surface area contributed by atoms with Crippen LogP contribution in [0.4, 0.5) is 0 Å². The van der Waals surface area contributed by atoms with Gasteiger partial charge >= 0.3 is 0 Å². The van der Waals surface area contributed by atoms with Crippen molar-refractivity contribution in [2.75, 3.05) is 6.61 Å². The molecule has 0 aromatic rings. The third-order valence-electron chi connectivity index (χ3n) is 4.78. The second kappa shape index (κ2) is 4.63. The molecule has 0 heterocycles. The highest BCUT2D eigenvalue weighted by Gasteiger charge is 2.48. The lowest BCUT2D eigenvalue weighted by Gasteiger charge is -2.48. The van der Waals surface area contributed by atoms with Gasteiger partial charge in [0.25, 0.3) is 0 Å². The SMILES string of the molecule is CC(C)=C1C[C@@]2(CO)C(=CC1=O)CC[C@@H](O)[C@@H]2C. The molecule has 0 saturated heterocycles. The van der Waals surface area contributed by atoms with Crippen LogP contribution in [0.25, 0.3) is 0 Å². The Morgan fingerprint density at radius 1 is 1.50 bits per heavy atom. The quantitative estimate of drug-likeness (QED) is 0.700. The summed E-state index contributed by atoms with van der Waals surface area (Å²) in [6.45, 7) is 5.84. The van der Waals surface area contributed by atoms with Gasteiger partial charge in [0.05, 0.1) is 12.7 Å². The molecule has 0 aromatic heterocycles. The van der Waals surface area contributed by atoms with Crippen LogP contribution in [0, 0.1) is 11.3 Å². The number of aliphatic hydroxyl groups is 2. The Bertz CT molecular complexity index is 429. The van der Waals surface area contributed by atoms with Crippen LogP contribution in [-0.2, 0) is 4.79 Å². The van der Waals surface area contributed by atoms with Crippen LogP contribution in [-0.4, -0.2) is 28.7 Å². The smallest absolute Gasteiger partial charge is 0.181 e. The van der Waals surface area contributed by atoms with Crippen molar-refractivity contribution in [3.8, 4) is 0 Å². The van der Waals surface area contributed by atoms with Crippen LogP contribution >= 0.6 is 0 Å². The number of ketones is 1. The Kier molecular flexibility index (Phi) is 3.47. The number of carbonyl (C=O) groups excluding carboxylic acids is 1. The largest absolute Gasteiger partial charge is 0.395 e. The van der Waals surface area contributed by atoms with E-state index in [1.165, 1.54) is 0 Å². The lowest BCUT2D eigenvalue weighted by Crippen LogP contribution is -2.47. The van der Waals surface area contributed by atoms with Crippen LogP contribution in [0.2, 0.25) is 0 Å². The van der Waals surface area contributed by atoms with E-state index in [0.717, 1.165) is 16.7 Å². The summed E-state index contributed by atoms with van der Waals surface area (Å²) in [6.07, 6.45) is 3.28. The average Bonchev–Trinajstić information content (AvgIpc) is 2.34. The fraction of sp³-hybridized carbons (Fsp3) is 0.667. The summed E-state index contributed by atoms with van der Waals surface area (Å²) in [5.41, 5.74) is 2.40. The van der Waals surface area contributed by atoms with Crippen molar-refractivity contribution in [1.29, 1.82) is 0 Å². The van der Waals surface area contributed by atoms with Gasteiger partial charge in [0, 0.05) is 5.41 Å². The monoisotopic (exact) mass is 250 g/mol. The number of allylic oxidation sites excluding steroid dienone is 3. The van der Waals surface area contributed by atoms with Gasteiger partial charge in [0.15, 0.2) is 5.78 Å². The average molecular weight is 250 g/mol. The zero-order valence-electron chi connectivity index (χ0n) is 11.4. The molecule has 100 valence electrons. The van der Waals surface area contributed by atoms with Crippen molar-refractivity contribution in [2.24, 2.45) is 11.3 Å². The molecule has 1 saturated carbocycles. The lowest BCUT2D eigenvalue weighted by atomic mass is 9.57. The van der Waals surface area contributed by atoms with Gasteiger partial charge in [-0.2, -0.15) is 0 Å². The summed E-state index contributed by atoms with van der Waals surface area (Å²) in [5.74, 6) is 0.0719. The summed E-state index contributed by atoms with van der Waals surface area (Å²) >= 11 is 0. The molecule has 0 bridgehead atoms. The van der Waals surface area contributed by atoms with Crippen molar-refractivity contribution < 1.29 is 15.0 Å². The second-order valence-corrected chi connectivity index (χ2v) is 5.90. The predicted octanol–water partition coefficient (Wildman–Crippen LogP) is 1.99. The Morgan fingerprint density at radius 2 is 2.17 bits per heavy atom. The number of hydrogen-bond donors (Lipinski definition) is 2. The van der Waals surface area contributed by atoms with E-state index in [4.69, 9.17) is 0 Å². The van der Waals surface area contributed by atoms with E-state index in [9.17, 15) is 15.0 Å². The zero-order valence-corrected chi connectivity index (χ0v) is 11.4. The van der Waals surface area contributed by atoms with Crippen LogP contribution in [0.5, 0.6) is 0 Å². The minimum absolute atomic E-state index is 0.00111. The molecule has 18 heavy (non-hydrogen) atoms. The highest BCUT2D eigenvalue weighted by molar-refractivity contribution is 6.06. The first-order valence-corrected chi connectivity index (χ1v) is 6.63. The van der Waals surface area contributed by atoms with Crippen molar-refractivity contribution in [1.82, 2.24) is 0 Å². The van der Waals surface area contributed by atoms with Gasteiger partial charge in [0.1, 0.15) is 0 Å². The molecule has 3 atom stereocenters. The molecule has 3 nitrogen and oxygen atoms in total. The van der Waals surface area contributed by atoms with Crippen LogP contribution in [0.3, 0.4) is 0 Å². The molecule has 2 aliphatic rings. The van der Waals surface area contributed by atoms with E-state index in [-0.39, 0.29) is 24.4 Å². The molecule has 3 heteroatoms. The topological polar surface area (TPSA) is 57.5 Å². The Hall–Kier alpha value is -0.930. The third-order valence-corrected chi connectivity index (χ3v) is 4.78. The number of aliphatic hydroxyl groups excluding tert-OH is 2. The molecule has 1 fully saturated rings. The first-order valence-electron chi connectivity index (χ1n) is 6.63. The zero-order chi connectivity index (χ0) is 13.5. The minimum Gasteiger partial charge on any atom is -0.395 e. The van der Waals surface area contributed by atoms with E-state index < -0.39 is 5.41 Å². The number of rotatable bonds is 1. The predicted molar refractivity (Wildman–Crippen MR) is 70.0 cm³/mol. The highest BCUT2D eigenvalue weighted by atomic mass is 16.3. The molecule has 0 unspecified atom stereocenters. The van der Waals surface area contributed by atoms with Crippen LogP contribution in [0.1, 0.15) is 40.0 Å². The fourth-order valence-electron chi connectivity index (χ4n) is 3.33. The summed E-state index contributed by atoms with van der Waals surface area (Å²) in [6, 6.07) is 0. The summed E-state index contributed by atoms with van der Waals surface area (Å²) in [4.78, 5) is 12.1. The minimum atomic E-state index is -0.432. The lowest BCUT2D eigenvalue weighted by molar-refractivity contribution is -0.113. The molecular formula is C15H22O3. The first kappa shape index (κ1) is 13.5. The molecule has 0 amide bonds. The van der Waals surface area contributed by atoms with E-state index in [0.29, 0.717) is 19.3 Å². The summed E-state index contributed by atoms with van der Waals surface area (Å²) in [7, 11) is 0. The van der Waals surface area contributed by atoms with Gasteiger partial charge in [0.2, 0.25) is 0 Å². The van der Waals surface area contributed by atoms with Crippen molar-refractivity contribution in [3.63, 3.8) is 0 Å². The second-order valence-electron chi connectivity index (χ2n) is 5.90. The van der Waals surface area contributed by atoms with Gasteiger partial charge in [-0.15, -0.1) is 0 Å². The molecule has 0 aromatic carbocycles. The van der Waals surface area contributed by atoms with E-state index >= 15 is 0 Å². The maximum atomic E-state index is 12.1. The van der Waals surface area contributed by atoms with E-state index in [1.54, 1.807) is 6.08 Å². The summed E-state index contributed by atoms with van der Waals surface area (Å²) in [5, 5.41) is 19.9. The van der Waals surface area contributed by atoms with Gasteiger partial charge in [-0.1, -0.05) is 18.1 Å². The van der Waals surface area contributed by atoms with Gasteiger partial charge in [-0.05, 0) is 50.7 Å². The molecular weight excluding hydrogens is 228 g/mol. The molecule has 2 rings (SSSR count). The van der Waals surface area contributed by atoms with Gasteiger partial charge in [-0.25, -0.2) is 0 Å². The molecule has 0 spiro atoms. The van der Waals surface area contributed by atoms with Gasteiger partial charge in [-0.3, -0.25) is 4.79 Å². The molecule has 2 aliphatic carbocycles. The number of hydrogen-bond acceptors (Lipinski definition) is 3. The molecule has 0 radical (unpaired) electrons. The highest BCUT2D eigenvalue weighted by Crippen LogP contribution is 2.51. The van der Waals surface area contributed by atoms with E-state index in [1.807, 2.05) is 20.8 Å². The van der Waals surface area contributed by atoms with Crippen molar-refractivity contribution in [2.45, 2.75) is 46.1 Å². The Labute approximate surface area is 108 Å². The Morgan fingerprint density at radius 3 is 2.72 bits per heavy atom. The Balaban J connectivity index is 2.52. The molecule has 2 N–H and O–H groups in total. The molecule has 0 aliphatic heterocycles. The maximum Gasteiger partial charge on any atom is 0.181 e.